The molecule has 0 aromatic heterocycles. The molecule has 29 heavy (non-hydrogen) atoms. The first-order chi connectivity index (χ1) is 13.8. The van der Waals surface area contributed by atoms with Gasteiger partial charge in [-0.05, 0) is 49.6 Å². The number of amides is 2. The van der Waals surface area contributed by atoms with Gasteiger partial charge in [0.15, 0.2) is 6.61 Å². The number of nitrogens with one attached hydrogen (secondary N) is 3. The summed E-state index contributed by atoms with van der Waals surface area (Å²) in [5.74, 6) is 0.215. The number of Topliss-reactive ketones (excluding diaryl/α,β-unsaturated/α-hetero) is 1. The Morgan fingerprint density at radius 1 is 1.24 bits per heavy atom. The first kappa shape index (κ1) is 20.0. The minimum atomic E-state index is -0.392. The van der Waals surface area contributed by atoms with Crippen molar-refractivity contribution in [3.05, 3.63) is 53.2 Å². The lowest BCUT2D eigenvalue weighted by Gasteiger charge is -2.13. The molecule has 4 rings (SSSR count). The lowest BCUT2D eigenvalue weighted by Crippen LogP contribution is -2.37. The Labute approximate surface area is 178 Å². The Bertz CT molecular complexity index is 918. The summed E-state index contributed by atoms with van der Waals surface area (Å²) in [6.45, 7) is 0.274. The van der Waals surface area contributed by atoms with Gasteiger partial charge in [-0.15, -0.1) is 11.6 Å². The lowest BCUT2D eigenvalue weighted by molar-refractivity contribution is -0.115. The van der Waals surface area contributed by atoms with Crippen LogP contribution in [0.4, 0.5) is 4.79 Å². The van der Waals surface area contributed by atoms with Crippen LogP contribution in [0.1, 0.15) is 19.3 Å². The minimum Gasteiger partial charge on any atom is -0.485 e. The monoisotopic (exact) mass is 433 g/mol. The topological polar surface area (TPSA) is 91.3 Å². The van der Waals surface area contributed by atoms with Crippen molar-refractivity contribution in [2.45, 2.75) is 24.6 Å². The summed E-state index contributed by atoms with van der Waals surface area (Å²) in [5.41, 5.74) is 0.267. The molecule has 0 saturated heterocycles. The van der Waals surface area contributed by atoms with Gasteiger partial charge in [0.1, 0.15) is 5.75 Å². The maximum absolute atomic E-state index is 12.4. The quantitative estimate of drug-likeness (QED) is 0.429. The smallest absolute Gasteiger partial charge is 0.319 e. The summed E-state index contributed by atoms with van der Waals surface area (Å²) < 4.78 is 5.46. The standard InChI is InChI=1S/C21H21Cl2N3O3/c22-13-1-5-15(6-2-13)26-19(28)25-12-20-10-21(20,11-20)18(24)17(27)9-29-16-7-3-14(23)4-8-16/h1,3-8,13,24H,2,9-12H2,(H2,25,26,28). The van der Waals surface area contributed by atoms with Crippen LogP contribution >= 0.6 is 23.2 Å². The summed E-state index contributed by atoms with van der Waals surface area (Å²) >= 11 is 11.8. The van der Waals surface area contributed by atoms with Gasteiger partial charge in [-0.25, -0.2) is 4.79 Å². The van der Waals surface area contributed by atoms with Crippen LogP contribution in [0.2, 0.25) is 5.02 Å². The number of carbonyl (C=O) groups excluding carboxylic acids is 2. The Hall–Kier alpha value is -2.31. The maximum Gasteiger partial charge on any atom is 0.319 e. The molecule has 3 aliphatic carbocycles. The number of rotatable bonds is 8. The van der Waals surface area contributed by atoms with Crippen LogP contribution in [0, 0.1) is 16.2 Å². The van der Waals surface area contributed by atoms with Gasteiger partial charge in [-0.1, -0.05) is 23.8 Å². The molecule has 2 amide bonds. The number of urea groups is 1. The van der Waals surface area contributed by atoms with E-state index in [2.05, 4.69) is 10.6 Å². The van der Waals surface area contributed by atoms with Crippen molar-refractivity contribution < 1.29 is 14.3 Å². The molecular weight excluding hydrogens is 413 g/mol. The van der Waals surface area contributed by atoms with Gasteiger partial charge < -0.3 is 20.8 Å². The van der Waals surface area contributed by atoms with E-state index in [4.69, 9.17) is 33.3 Å². The van der Waals surface area contributed by atoms with E-state index in [-0.39, 0.29) is 34.9 Å². The number of allylic oxidation sites excluding steroid dienone is 3. The predicted octanol–water partition coefficient (Wildman–Crippen LogP) is 3.84. The highest BCUT2D eigenvalue weighted by molar-refractivity contribution is 6.43. The molecule has 3 aliphatic rings. The Morgan fingerprint density at radius 3 is 2.62 bits per heavy atom. The number of hydrogen-bond donors (Lipinski definition) is 3. The zero-order chi connectivity index (χ0) is 20.6. The van der Waals surface area contributed by atoms with E-state index in [1.54, 1.807) is 30.3 Å². The number of ketones is 1. The number of carbonyl (C=O) groups is 2. The number of halogens is 2. The SMILES string of the molecule is N=C(C(=O)COc1ccc(Cl)cc1)C12CC1(CNC(=O)NC1=CCC(Cl)C=C1)C2. The zero-order valence-electron chi connectivity index (χ0n) is 15.6. The summed E-state index contributed by atoms with van der Waals surface area (Å²) in [4.78, 5) is 24.5. The van der Waals surface area contributed by atoms with Gasteiger partial charge >= 0.3 is 6.03 Å². The van der Waals surface area contributed by atoms with Crippen LogP contribution in [-0.4, -0.2) is 36.1 Å². The minimum absolute atomic E-state index is 0.0340. The van der Waals surface area contributed by atoms with Crippen molar-refractivity contribution in [2.24, 2.45) is 10.8 Å². The summed E-state index contributed by atoms with van der Waals surface area (Å²) in [7, 11) is 0. The fourth-order valence-corrected chi connectivity index (χ4v) is 4.17. The number of ether oxygens (including phenoxy) is 1. The highest BCUT2D eigenvalue weighted by Gasteiger charge is 2.85. The average molecular weight is 434 g/mol. The van der Waals surface area contributed by atoms with Crippen molar-refractivity contribution in [2.75, 3.05) is 13.2 Å². The molecule has 8 heteroatoms. The van der Waals surface area contributed by atoms with E-state index in [0.717, 1.165) is 18.5 Å². The van der Waals surface area contributed by atoms with Gasteiger partial charge in [0.25, 0.3) is 0 Å². The van der Waals surface area contributed by atoms with E-state index < -0.39 is 5.41 Å². The summed E-state index contributed by atoms with van der Waals surface area (Å²) in [5, 5.41) is 14.5. The predicted molar refractivity (Wildman–Crippen MR) is 112 cm³/mol. The van der Waals surface area contributed by atoms with Crippen LogP contribution in [0.3, 0.4) is 0 Å². The van der Waals surface area contributed by atoms with Gasteiger partial charge in [-0.3, -0.25) is 4.79 Å². The van der Waals surface area contributed by atoms with E-state index in [1.807, 2.05) is 12.2 Å². The second kappa shape index (κ2) is 7.50. The Morgan fingerprint density at radius 2 is 1.97 bits per heavy atom. The van der Waals surface area contributed by atoms with Gasteiger partial charge in [0.05, 0.1) is 11.1 Å². The zero-order valence-corrected chi connectivity index (χ0v) is 17.1. The molecule has 1 aromatic carbocycles. The number of fused-ring (bicyclic) bond motifs is 1. The second-order valence-electron chi connectivity index (χ2n) is 7.83. The Balaban J connectivity index is 1.22. The molecule has 1 atom stereocenters. The molecule has 0 aliphatic heterocycles. The highest BCUT2D eigenvalue weighted by atomic mass is 35.5. The first-order valence-corrected chi connectivity index (χ1v) is 10.2. The molecule has 3 N–H and O–H groups in total. The van der Waals surface area contributed by atoms with Crippen molar-refractivity contribution in [1.82, 2.24) is 10.6 Å². The molecule has 0 spiro atoms. The fraction of sp³-hybridized carbons (Fsp3) is 0.381. The summed E-state index contributed by atoms with van der Waals surface area (Å²) in [6.07, 6.45) is 7.68. The van der Waals surface area contributed by atoms with E-state index in [9.17, 15) is 9.59 Å². The third-order valence-corrected chi connectivity index (χ3v) is 6.45. The molecule has 0 radical (unpaired) electrons. The van der Waals surface area contributed by atoms with Crippen LogP contribution < -0.4 is 15.4 Å². The number of benzene rings is 1. The van der Waals surface area contributed by atoms with E-state index in [1.165, 1.54) is 0 Å². The molecule has 1 unspecified atom stereocenters. The molecule has 2 fully saturated rings. The van der Waals surface area contributed by atoms with E-state index >= 15 is 0 Å². The number of hydrogen-bond acceptors (Lipinski definition) is 4. The molecule has 0 heterocycles. The largest absolute Gasteiger partial charge is 0.485 e. The molecule has 152 valence electrons. The summed E-state index contributed by atoms with van der Waals surface area (Å²) in [6, 6.07) is 6.44. The van der Waals surface area contributed by atoms with Crippen molar-refractivity contribution in [3.8, 4) is 5.75 Å². The molecule has 2 saturated carbocycles. The van der Waals surface area contributed by atoms with Crippen molar-refractivity contribution >= 4 is 40.7 Å². The molecular formula is C21H21Cl2N3O3. The maximum atomic E-state index is 12.4. The van der Waals surface area contributed by atoms with Crippen LogP contribution in [0.15, 0.2) is 48.2 Å². The fourth-order valence-electron chi connectivity index (χ4n) is 3.88. The molecule has 6 nitrogen and oxygen atoms in total. The van der Waals surface area contributed by atoms with Crippen LogP contribution in [-0.2, 0) is 4.79 Å². The average Bonchev–Trinajstić information content (AvgIpc) is 3.54. The van der Waals surface area contributed by atoms with Crippen molar-refractivity contribution in [1.29, 1.82) is 5.41 Å². The normalized spacial score (nSPS) is 28.6. The second-order valence-corrected chi connectivity index (χ2v) is 8.83. The Kier molecular flexibility index (Phi) is 5.17. The van der Waals surface area contributed by atoms with Gasteiger partial charge in [-0.2, -0.15) is 0 Å². The van der Waals surface area contributed by atoms with Crippen LogP contribution in [0.25, 0.3) is 0 Å². The van der Waals surface area contributed by atoms with E-state index in [0.29, 0.717) is 23.7 Å². The first-order valence-electron chi connectivity index (χ1n) is 9.42. The lowest BCUT2D eigenvalue weighted by atomic mass is 10.1. The third-order valence-electron chi connectivity index (χ3n) is 5.88. The number of alkyl halides is 1. The van der Waals surface area contributed by atoms with Gasteiger partial charge in [0.2, 0.25) is 5.78 Å². The van der Waals surface area contributed by atoms with Crippen LogP contribution in [0.5, 0.6) is 5.75 Å². The molecule has 1 aromatic rings. The molecule has 0 bridgehead atoms. The third kappa shape index (κ3) is 4.05. The highest BCUT2D eigenvalue weighted by Crippen LogP contribution is 2.86. The van der Waals surface area contributed by atoms with Gasteiger partial charge in [0, 0.05) is 28.1 Å². The van der Waals surface area contributed by atoms with Crippen molar-refractivity contribution in [3.63, 3.8) is 0 Å².